The Morgan fingerprint density at radius 3 is 2.67 bits per heavy atom. The van der Waals surface area contributed by atoms with E-state index < -0.39 is 10.0 Å². The summed E-state index contributed by atoms with van der Waals surface area (Å²) in [6.45, 7) is 1.85. The van der Waals surface area contributed by atoms with Gasteiger partial charge in [-0.2, -0.15) is 9.57 Å². The third-order valence-corrected chi connectivity index (χ3v) is 5.44. The van der Waals surface area contributed by atoms with E-state index in [0.717, 1.165) is 15.6 Å². The van der Waals surface area contributed by atoms with E-state index in [1.165, 1.54) is 18.4 Å². The smallest absolute Gasteiger partial charge is 0.206 e. The Bertz CT molecular complexity index is 471. The fourth-order valence-corrected chi connectivity index (χ4v) is 3.60. The minimum atomic E-state index is -3.46. The summed E-state index contributed by atoms with van der Waals surface area (Å²) in [7, 11) is -2.05. The minimum absolute atomic E-state index is 0.123. The molecule has 0 unspecified atom stereocenters. The van der Waals surface area contributed by atoms with Crippen molar-refractivity contribution in [1.29, 1.82) is 5.26 Å². The summed E-state index contributed by atoms with van der Waals surface area (Å²) < 4.78 is 25.0. The second-order valence-corrected chi connectivity index (χ2v) is 6.43. The lowest BCUT2D eigenvalue weighted by molar-refractivity contribution is 0.504. The van der Waals surface area contributed by atoms with Gasteiger partial charge in [-0.25, -0.2) is 8.42 Å². The van der Waals surface area contributed by atoms with Gasteiger partial charge < -0.3 is 0 Å². The van der Waals surface area contributed by atoms with Crippen LogP contribution in [-0.4, -0.2) is 26.3 Å². The normalized spacial score (nSPS) is 11.6. The van der Waals surface area contributed by atoms with Gasteiger partial charge in [0.1, 0.15) is 10.8 Å². The molecule has 0 aliphatic heterocycles. The van der Waals surface area contributed by atoms with Crippen LogP contribution in [0.2, 0.25) is 0 Å². The third-order valence-electron chi connectivity index (χ3n) is 1.94. The lowest BCUT2D eigenvalue weighted by atomic mass is 10.4. The fraction of sp³-hybridized carbons (Fsp3) is 0.444. The number of nitrogens with zero attached hydrogens (tertiary/aromatic N) is 2. The Hall–Kier alpha value is -0.900. The van der Waals surface area contributed by atoms with E-state index in [9.17, 15) is 8.42 Å². The molecule has 0 amide bonds. The lowest BCUT2D eigenvalue weighted by Gasteiger charge is -2.11. The van der Waals surface area contributed by atoms with Crippen LogP contribution in [0.1, 0.15) is 11.8 Å². The van der Waals surface area contributed by atoms with Gasteiger partial charge in [0.05, 0.1) is 6.07 Å². The number of aryl methyl sites for hydroxylation is 1. The molecular weight excluding hydrogens is 232 g/mol. The van der Waals surface area contributed by atoms with Crippen molar-refractivity contribution in [3.63, 3.8) is 0 Å². The molecule has 0 aromatic carbocycles. The van der Waals surface area contributed by atoms with Crippen molar-refractivity contribution in [1.82, 2.24) is 4.31 Å². The zero-order valence-electron chi connectivity index (χ0n) is 8.60. The Balaban J connectivity index is 3.01. The van der Waals surface area contributed by atoms with Gasteiger partial charge >= 0.3 is 0 Å². The molecule has 0 atom stereocenters. The Morgan fingerprint density at radius 2 is 2.20 bits per heavy atom. The van der Waals surface area contributed by atoms with Gasteiger partial charge in [0.25, 0.3) is 10.0 Å². The molecule has 15 heavy (non-hydrogen) atoms. The molecule has 0 aliphatic rings. The largest absolute Gasteiger partial charge is 0.253 e. The second-order valence-electron chi connectivity index (χ2n) is 2.99. The van der Waals surface area contributed by atoms with E-state index in [1.54, 1.807) is 12.1 Å². The summed E-state index contributed by atoms with van der Waals surface area (Å²) in [6, 6.07) is 5.21. The van der Waals surface area contributed by atoms with Crippen LogP contribution in [0.4, 0.5) is 0 Å². The van der Waals surface area contributed by atoms with Gasteiger partial charge in [-0.1, -0.05) is 6.92 Å². The van der Waals surface area contributed by atoms with Crippen LogP contribution in [0.25, 0.3) is 0 Å². The van der Waals surface area contributed by atoms with Crippen molar-refractivity contribution in [3.05, 3.63) is 17.0 Å². The first-order valence-electron chi connectivity index (χ1n) is 4.44. The van der Waals surface area contributed by atoms with E-state index >= 15 is 0 Å². The average molecular weight is 244 g/mol. The summed E-state index contributed by atoms with van der Waals surface area (Å²) in [4.78, 5) is 1.03. The number of hydrogen-bond donors (Lipinski definition) is 0. The van der Waals surface area contributed by atoms with Gasteiger partial charge in [0.15, 0.2) is 0 Å². The molecular formula is C9H12N2O2S2. The van der Waals surface area contributed by atoms with Gasteiger partial charge in [-0.15, -0.1) is 11.3 Å². The standard InChI is InChI=1S/C9H12N2O2S2/c1-3-8-4-5-9(14-8)15(12,13)11(2)7-6-10/h4-5H,3,7H2,1-2H3. The van der Waals surface area contributed by atoms with Crippen LogP contribution < -0.4 is 0 Å². The molecule has 6 heteroatoms. The maximum absolute atomic E-state index is 11.8. The number of hydrogen-bond acceptors (Lipinski definition) is 4. The molecule has 1 heterocycles. The van der Waals surface area contributed by atoms with Crippen LogP contribution in [0, 0.1) is 11.3 Å². The van der Waals surface area contributed by atoms with E-state index in [0.29, 0.717) is 4.21 Å². The van der Waals surface area contributed by atoms with Gasteiger partial charge in [0, 0.05) is 11.9 Å². The maximum Gasteiger partial charge on any atom is 0.253 e. The summed E-state index contributed by atoms with van der Waals surface area (Å²) in [5.74, 6) is 0. The monoisotopic (exact) mass is 244 g/mol. The number of thiophene rings is 1. The topological polar surface area (TPSA) is 61.2 Å². The van der Waals surface area contributed by atoms with Crippen LogP contribution in [0.15, 0.2) is 16.3 Å². The highest BCUT2D eigenvalue weighted by atomic mass is 32.2. The highest BCUT2D eigenvalue weighted by Crippen LogP contribution is 2.24. The van der Waals surface area contributed by atoms with Crippen molar-refractivity contribution in [2.75, 3.05) is 13.6 Å². The zero-order valence-corrected chi connectivity index (χ0v) is 10.2. The Morgan fingerprint density at radius 1 is 1.53 bits per heavy atom. The molecule has 0 saturated carbocycles. The highest BCUT2D eigenvalue weighted by Gasteiger charge is 2.21. The molecule has 0 bridgehead atoms. The van der Waals surface area contributed by atoms with Crippen LogP contribution in [0.3, 0.4) is 0 Å². The van der Waals surface area contributed by atoms with Crippen LogP contribution in [0.5, 0.6) is 0 Å². The summed E-state index contributed by atoms with van der Waals surface area (Å²) in [5, 5.41) is 8.45. The number of rotatable bonds is 4. The predicted molar refractivity (Wildman–Crippen MR) is 59.1 cm³/mol. The van der Waals surface area contributed by atoms with Gasteiger partial charge in [-0.05, 0) is 18.6 Å². The SMILES string of the molecule is CCc1ccc(S(=O)(=O)N(C)CC#N)s1. The molecule has 4 nitrogen and oxygen atoms in total. The molecule has 1 rings (SSSR count). The first-order chi connectivity index (χ1) is 7.02. The molecule has 0 saturated heterocycles. The minimum Gasteiger partial charge on any atom is -0.206 e. The zero-order chi connectivity index (χ0) is 11.5. The predicted octanol–water partition coefficient (Wildman–Crippen LogP) is 1.45. The fourth-order valence-electron chi connectivity index (χ4n) is 1.03. The molecule has 1 aromatic heterocycles. The second kappa shape index (κ2) is 4.75. The third kappa shape index (κ3) is 2.56. The summed E-state index contributed by atoms with van der Waals surface area (Å²) >= 11 is 1.25. The molecule has 0 aliphatic carbocycles. The van der Waals surface area contributed by atoms with Crippen molar-refractivity contribution < 1.29 is 8.42 Å². The number of nitriles is 1. The lowest BCUT2D eigenvalue weighted by Crippen LogP contribution is -2.26. The average Bonchev–Trinajstić information content (AvgIpc) is 2.66. The van der Waals surface area contributed by atoms with Crippen molar-refractivity contribution in [3.8, 4) is 6.07 Å². The van der Waals surface area contributed by atoms with E-state index in [2.05, 4.69) is 0 Å². The highest BCUT2D eigenvalue weighted by molar-refractivity contribution is 7.91. The van der Waals surface area contributed by atoms with Gasteiger partial charge in [0.2, 0.25) is 0 Å². The first-order valence-corrected chi connectivity index (χ1v) is 6.70. The maximum atomic E-state index is 11.8. The molecule has 1 aromatic rings. The quantitative estimate of drug-likeness (QED) is 0.753. The molecule has 0 fully saturated rings. The van der Waals surface area contributed by atoms with Crippen molar-refractivity contribution in [2.24, 2.45) is 0 Å². The first kappa shape index (κ1) is 12.2. The van der Waals surface area contributed by atoms with E-state index in [4.69, 9.17) is 5.26 Å². The van der Waals surface area contributed by atoms with Crippen molar-refractivity contribution in [2.45, 2.75) is 17.6 Å². The molecule has 0 radical (unpaired) electrons. The Labute approximate surface area is 93.8 Å². The van der Waals surface area contributed by atoms with Crippen molar-refractivity contribution >= 4 is 21.4 Å². The molecule has 82 valence electrons. The van der Waals surface area contributed by atoms with Crippen LogP contribution in [-0.2, 0) is 16.4 Å². The van der Waals surface area contributed by atoms with Gasteiger partial charge in [-0.3, -0.25) is 0 Å². The summed E-state index contributed by atoms with van der Waals surface area (Å²) in [5.41, 5.74) is 0. The van der Waals surface area contributed by atoms with E-state index in [-0.39, 0.29) is 6.54 Å². The molecule has 0 N–H and O–H groups in total. The van der Waals surface area contributed by atoms with Crippen LogP contribution >= 0.6 is 11.3 Å². The van der Waals surface area contributed by atoms with E-state index in [1.807, 2.05) is 13.0 Å². The number of sulfonamides is 1. The summed E-state index contributed by atoms with van der Waals surface area (Å²) in [6.07, 6.45) is 0.822. The Kier molecular flexibility index (Phi) is 3.85. The molecule has 0 spiro atoms.